The molecule has 1 atom stereocenters. The van der Waals surface area contributed by atoms with Crippen LogP contribution in [0.5, 0.6) is 0 Å². The molecular formula is C15H19BrN2O2. The smallest absolute Gasteiger partial charge is 0.323 e. The van der Waals surface area contributed by atoms with Gasteiger partial charge in [0.25, 0.3) is 0 Å². The quantitative estimate of drug-likeness (QED) is 0.752. The fourth-order valence-corrected chi connectivity index (χ4v) is 2.72. The summed E-state index contributed by atoms with van der Waals surface area (Å²) >= 11 is 3.46. The van der Waals surface area contributed by atoms with Gasteiger partial charge in [0.2, 0.25) is 0 Å². The Kier molecular flexibility index (Phi) is 4.50. The Morgan fingerprint density at radius 2 is 2.25 bits per heavy atom. The second-order valence-electron chi connectivity index (χ2n) is 5.24. The van der Waals surface area contributed by atoms with E-state index in [4.69, 9.17) is 0 Å². The number of hydrogen-bond acceptors (Lipinski definition) is 2. The van der Waals surface area contributed by atoms with Crippen LogP contribution in [-0.2, 0) is 11.3 Å². The van der Waals surface area contributed by atoms with Gasteiger partial charge in [-0.3, -0.25) is 10.1 Å². The summed E-state index contributed by atoms with van der Waals surface area (Å²) in [5.74, 6) is -0.805. The van der Waals surface area contributed by atoms with Crippen molar-refractivity contribution < 1.29 is 9.90 Å². The second-order valence-corrected chi connectivity index (χ2v) is 6.16. The van der Waals surface area contributed by atoms with Gasteiger partial charge in [-0.05, 0) is 37.1 Å². The van der Waals surface area contributed by atoms with Crippen LogP contribution in [0.15, 0.2) is 28.9 Å². The molecule has 1 aromatic heterocycles. The van der Waals surface area contributed by atoms with E-state index < -0.39 is 11.5 Å². The molecule has 0 fully saturated rings. The highest BCUT2D eigenvalue weighted by Crippen LogP contribution is 2.23. The molecule has 20 heavy (non-hydrogen) atoms. The predicted molar refractivity (Wildman–Crippen MR) is 83.8 cm³/mol. The van der Waals surface area contributed by atoms with Gasteiger partial charge in [0.15, 0.2) is 0 Å². The fourth-order valence-electron chi connectivity index (χ4n) is 2.36. The van der Waals surface area contributed by atoms with Gasteiger partial charge in [0.1, 0.15) is 5.54 Å². The molecule has 2 rings (SSSR count). The number of fused-ring (bicyclic) bond motifs is 1. The molecule has 1 aromatic carbocycles. The molecule has 0 aliphatic heterocycles. The van der Waals surface area contributed by atoms with Crippen molar-refractivity contribution in [2.45, 2.75) is 38.8 Å². The third-order valence-corrected chi connectivity index (χ3v) is 4.11. The lowest BCUT2D eigenvalue weighted by Gasteiger charge is -2.25. The molecule has 3 N–H and O–H groups in total. The van der Waals surface area contributed by atoms with Crippen LogP contribution < -0.4 is 5.32 Å². The first-order chi connectivity index (χ1) is 9.46. The zero-order valence-corrected chi connectivity index (χ0v) is 13.3. The van der Waals surface area contributed by atoms with E-state index >= 15 is 0 Å². The summed E-state index contributed by atoms with van der Waals surface area (Å²) in [6.45, 7) is 4.26. The first-order valence-electron chi connectivity index (χ1n) is 6.70. The average Bonchev–Trinajstić information content (AvgIpc) is 2.79. The molecule has 5 heteroatoms. The third kappa shape index (κ3) is 3.04. The maximum absolute atomic E-state index is 11.4. The summed E-state index contributed by atoms with van der Waals surface area (Å²) in [5.41, 5.74) is 1.24. The average molecular weight is 339 g/mol. The van der Waals surface area contributed by atoms with Crippen molar-refractivity contribution in [3.05, 3.63) is 34.4 Å². The Hall–Kier alpha value is -1.33. The van der Waals surface area contributed by atoms with Gasteiger partial charge in [-0.1, -0.05) is 29.3 Å². The minimum Gasteiger partial charge on any atom is -0.480 e. The van der Waals surface area contributed by atoms with Crippen LogP contribution in [-0.4, -0.2) is 21.6 Å². The lowest BCUT2D eigenvalue weighted by Crippen LogP contribution is -2.48. The Morgan fingerprint density at radius 1 is 1.50 bits per heavy atom. The predicted octanol–water partition coefficient (Wildman–Crippen LogP) is 3.66. The van der Waals surface area contributed by atoms with E-state index in [1.807, 2.05) is 31.3 Å². The van der Waals surface area contributed by atoms with Crippen LogP contribution in [0.2, 0.25) is 0 Å². The fraction of sp³-hybridized carbons (Fsp3) is 0.400. The number of aromatic nitrogens is 1. The molecule has 0 saturated carbocycles. The molecule has 1 unspecified atom stereocenters. The van der Waals surface area contributed by atoms with Crippen molar-refractivity contribution in [3.8, 4) is 0 Å². The van der Waals surface area contributed by atoms with Gasteiger partial charge in [-0.2, -0.15) is 0 Å². The number of carbonyl (C=O) groups is 1. The first kappa shape index (κ1) is 15.1. The van der Waals surface area contributed by atoms with Crippen molar-refractivity contribution in [1.82, 2.24) is 10.3 Å². The Balaban J connectivity index is 2.20. The monoisotopic (exact) mass is 338 g/mol. The highest BCUT2D eigenvalue weighted by Gasteiger charge is 2.31. The van der Waals surface area contributed by atoms with E-state index in [-0.39, 0.29) is 0 Å². The summed E-state index contributed by atoms with van der Waals surface area (Å²) in [5, 5.41) is 13.7. The number of H-pyrrole nitrogens is 1. The van der Waals surface area contributed by atoms with E-state index in [0.29, 0.717) is 13.0 Å². The van der Waals surface area contributed by atoms with Crippen LogP contribution >= 0.6 is 15.9 Å². The molecule has 0 amide bonds. The lowest BCUT2D eigenvalue weighted by atomic mass is 9.96. The number of rotatable bonds is 6. The molecule has 0 spiro atoms. The number of benzene rings is 1. The van der Waals surface area contributed by atoms with Crippen molar-refractivity contribution in [1.29, 1.82) is 0 Å². The summed E-state index contributed by atoms with van der Waals surface area (Å²) < 4.78 is 1.01. The largest absolute Gasteiger partial charge is 0.480 e. The van der Waals surface area contributed by atoms with Crippen molar-refractivity contribution in [2.24, 2.45) is 0 Å². The van der Waals surface area contributed by atoms with E-state index in [9.17, 15) is 9.90 Å². The molecule has 0 radical (unpaired) electrons. The maximum atomic E-state index is 11.4. The number of nitrogens with one attached hydrogen (secondary N) is 2. The summed E-state index contributed by atoms with van der Waals surface area (Å²) in [7, 11) is 0. The summed E-state index contributed by atoms with van der Waals surface area (Å²) in [4.78, 5) is 14.6. The normalized spacial score (nSPS) is 14.3. The van der Waals surface area contributed by atoms with Gasteiger partial charge >= 0.3 is 5.97 Å². The van der Waals surface area contributed by atoms with E-state index in [2.05, 4.69) is 26.2 Å². The van der Waals surface area contributed by atoms with Crippen molar-refractivity contribution in [3.63, 3.8) is 0 Å². The lowest BCUT2D eigenvalue weighted by molar-refractivity contribution is -0.144. The molecule has 0 bridgehead atoms. The highest BCUT2D eigenvalue weighted by atomic mass is 79.9. The van der Waals surface area contributed by atoms with Crippen LogP contribution in [0.1, 0.15) is 32.3 Å². The summed E-state index contributed by atoms with van der Waals surface area (Å²) in [6.07, 6.45) is 3.36. The molecular weight excluding hydrogens is 320 g/mol. The van der Waals surface area contributed by atoms with Crippen molar-refractivity contribution >= 4 is 32.8 Å². The number of carboxylic acids is 1. The van der Waals surface area contributed by atoms with Gasteiger partial charge < -0.3 is 10.1 Å². The van der Waals surface area contributed by atoms with Crippen LogP contribution in [0.25, 0.3) is 10.9 Å². The second kappa shape index (κ2) is 5.97. The van der Waals surface area contributed by atoms with E-state index in [1.165, 1.54) is 0 Å². The van der Waals surface area contributed by atoms with Crippen LogP contribution in [0, 0.1) is 0 Å². The molecule has 0 saturated heterocycles. The molecule has 4 nitrogen and oxygen atoms in total. The zero-order valence-electron chi connectivity index (χ0n) is 11.7. The van der Waals surface area contributed by atoms with Crippen LogP contribution in [0.3, 0.4) is 0 Å². The van der Waals surface area contributed by atoms with Gasteiger partial charge in [0.05, 0.1) is 0 Å². The summed E-state index contributed by atoms with van der Waals surface area (Å²) in [6, 6.07) is 6.03. The van der Waals surface area contributed by atoms with Gasteiger partial charge in [-0.25, -0.2) is 0 Å². The highest BCUT2D eigenvalue weighted by molar-refractivity contribution is 9.10. The minimum atomic E-state index is -0.885. The van der Waals surface area contributed by atoms with E-state index in [1.54, 1.807) is 6.92 Å². The van der Waals surface area contributed by atoms with E-state index in [0.717, 1.165) is 27.4 Å². The molecule has 2 aromatic rings. The zero-order chi connectivity index (χ0) is 14.8. The topological polar surface area (TPSA) is 65.1 Å². The number of carboxylic acid groups (broad SMARTS) is 1. The van der Waals surface area contributed by atoms with Crippen LogP contribution in [0.4, 0.5) is 0 Å². The maximum Gasteiger partial charge on any atom is 0.323 e. The standard InChI is InChI=1S/C15H19BrN2O2/c1-3-6-15(2,14(19)20)18-9-10-8-17-13-5-4-11(16)7-12(10)13/h4-5,7-8,17-18H,3,6,9H2,1-2H3,(H,19,20). The first-order valence-corrected chi connectivity index (χ1v) is 7.49. The Bertz CT molecular complexity index is 623. The third-order valence-electron chi connectivity index (χ3n) is 3.62. The van der Waals surface area contributed by atoms with Gasteiger partial charge in [0, 0.05) is 28.1 Å². The number of hydrogen-bond donors (Lipinski definition) is 3. The number of aromatic amines is 1. The Labute approximate surface area is 126 Å². The number of aliphatic carboxylic acids is 1. The molecule has 1 heterocycles. The SMILES string of the molecule is CCCC(C)(NCc1c[nH]c2ccc(Br)cc12)C(=O)O. The Morgan fingerprint density at radius 3 is 2.90 bits per heavy atom. The molecule has 0 aliphatic carbocycles. The molecule has 0 aliphatic rings. The van der Waals surface area contributed by atoms with Crippen molar-refractivity contribution in [2.75, 3.05) is 0 Å². The number of halogens is 1. The molecule has 108 valence electrons. The minimum absolute atomic E-state index is 0.527. The van der Waals surface area contributed by atoms with Gasteiger partial charge in [-0.15, -0.1) is 0 Å².